The van der Waals surface area contributed by atoms with Gasteiger partial charge in [-0.25, -0.2) is 9.97 Å². The molecular formula is C21H27ClN4OS. The lowest BCUT2D eigenvalue weighted by atomic mass is 10.1. The second-order valence-corrected chi connectivity index (χ2v) is 8.42. The Morgan fingerprint density at radius 2 is 2.00 bits per heavy atom. The Morgan fingerprint density at radius 3 is 2.75 bits per heavy atom. The molecule has 0 aliphatic carbocycles. The average Bonchev–Trinajstić information content (AvgIpc) is 2.72. The molecule has 1 saturated heterocycles. The van der Waals surface area contributed by atoms with Gasteiger partial charge in [-0.15, -0.1) is 0 Å². The lowest BCUT2D eigenvalue weighted by Crippen LogP contribution is -2.35. The topological polar surface area (TPSA) is 49.3 Å². The van der Waals surface area contributed by atoms with E-state index in [0.29, 0.717) is 16.1 Å². The van der Waals surface area contributed by atoms with Crippen LogP contribution in [0.2, 0.25) is 5.15 Å². The lowest BCUT2D eigenvalue weighted by Gasteiger charge is -2.26. The van der Waals surface area contributed by atoms with Crippen LogP contribution in [-0.4, -0.2) is 47.5 Å². The van der Waals surface area contributed by atoms with E-state index in [2.05, 4.69) is 21.8 Å². The first kappa shape index (κ1) is 20.9. The van der Waals surface area contributed by atoms with Crippen molar-refractivity contribution >= 4 is 35.1 Å². The monoisotopic (exact) mass is 418 g/mol. The van der Waals surface area contributed by atoms with Crippen LogP contribution in [0.1, 0.15) is 48.5 Å². The number of anilines is 1. The van der Waals surface area contributed by atoms with E-state index in [-0.39, 0.29) is 5.91 Å². The highest BCUT2D eigenvalue weighted by Crippen LogP contribution is 2.25. The Balaban J connectivity index is 1.67. The predicted molar refractivity (Wildman–Crippen MR) is 116 cm³/mol. The Labute approximate surface area is 176 Å². The molecule has 0 unspecified atom stereocenters. The molecule has 5 nitrogen and oxygen atoms in total. The summed E-state index contributed by atoms with van der Waals surface area (Å²) in [4.78, 5) is 25.7. The number of piperidine rings is 1. The number of hydrogen-bond acceptors (Lipinski definition) is 5. The summed E-state index contributed by atoms with van der Waals surface area (Å²) >= 11 is 7.72. The molecule has 1 aliphatic rings. The zero-order valence-corrected chi connectivity index (χ0v) is 18.1. The number of rotatable bonds is 7. The maximum atomic E-state index is 12.7. The third-order valence-electron chi connectivity index (χ3n) is 4.80. The van der Waals surface area contributed by atoms with Crippen LogP contribution in [0.4, 0.5) is 5.82 Å². The summed E-state index contributed by atoms with van der Waals surface area (Å²) in [5.41, 5.74) is 1.84. The van der Waals surface area contributed by atoms with Gasteiger partial charge in [0.05, 0.1) is 0 Å². The van der Waals surface area contributed by atoms with Crippen molar-refractivity contribution in [2.75, 3.05) is 31.6 Å². The molecule has 7 heteroatoms. The summed E-state index contributed by atoms with van der Waals surface area (Å²) in [7, 11) is 2.01. The molecular weight excluding hydrogens is 392 g/mol. The van der Waals surface area contributed by atoms with Crippen molar-refractivity contribution in [3.05, 3.63) is 46.6 Å². The van der Waals surface area contributed by atoms with Crippen LogP contribution < -0.4 is 4.90 Å². The van der Waals surface area contributed by atoms with Crippen molar-refractivity contribution in [1.82, 2.24) is 14.9 Å². The molecule has 150 valence electrons. The minimum atomic E-state index is 0.133. The molecule has 0 bridgehead atoms. The number of carbonyl (C=O) groups is 1. The number of thioether (sulfide) groups is 1. The quantitative estimate of drug-likeness (QED) is 0.364. The van der Waals surface area contributed by atoms with Crippen LogP contribution in [0, 0.1) is 0 Å². The third kappa shape index (κ3) is 5.61. The van der Waals surface area contributed by atoms with E-state index >= 15 is 0 Å². The van der Waals surface area contributed by atoms with E-state index in [1.807, 2.05) is 36.2 Å². The second kappa shape index (κ2) is 10.1. The van der Waals surface area contributed by atoms with Crippen LogP contribution in [0.5, 0.6) is 0 Å². The summed E-state index contributed by atoms with van der Waals surface area (Å²) in [5, 5.41) is 1.10. The van der Waals surface area contributed by atoms with Crippen molar-refractivity contribution in [2.45, 2.75) is 43.5 Å². The van der Waals surface area contributed by atoms with E-state index in [1.165, 1.54) is 18.2 Å². The van der Waals surface area contributed by atoms with Gasteiger partial charge >= 0.3 is 0 Å². The zero-order chi connectivity index (χ0) is 19.9. The van der Waals surface area contributed by atoms with Crippen LogP contribution >= 0.6 is 23.4 Å². The standard InChI is InChI=1S/C21H27ClN4OS/c1-3-10-25(2)19-14-18(22)23-21(24-19)28-15-16-8-7-9-17(13-16)20(27)26-11-5-4-6-12-26/h7-9,13-14H,3-6,10-12,15H2,1-2H3. The number of likely N-dealkylation sites (tertiary alicyclic amines) is 1. The summed E-state index contributed by atoms with van der Waals surface area (Å²) in [5.74, 6) is 1.66. The van der Waals surface area contributed by atoms with Crippen LogP contribution in [-0.2, 0) is 5.75 Å². The fourth-order valence-electron chi connectivity index (χ4n) is 3.32. The molecule has 0 saturated carbocycles. The zero-order valence-electron chi connectivity index (χ0n) is 16.5. The molecule has 2 aromatic rings. The molecule has 0 radical (unpaired) electrons. The lowest BCUT2D eigenvalue weighted by molar-refractivity contribution is 0.0724. The van der Waals surface area contributed by atoms with Gasteiger partial charge in [0.25, 0.3) is 5.91 Å². The predicted octanol–water partition coefficient (Wildman–Crippen LogP) is 4.89. The largest absolute Gasteiger partial charge is 0.360 e. The Morgan fingerprint density at radius 1 is 1.21 bits per heavy atom. The van der Waals surface area contributed by atoms with Gasteiger partial charge in [0.15, 0.2) is 5.16 Å². The van der Waals surface area contributed by atoms with E-state index < -0.39 is 0 Å². The summed E-state index contributed by atoms with van der Waals surface area (Å²) < 4.78 is 0. The Hall–Kier alpha value is -1.79. The molecule has 1 aromatic heterocycles. The van der Waals surface area contributed by atoms with Gasteiger partial charge in [-0.2, -0.15) is 0 Å². The molecule has 0 N–H and O–H groups in total. The first-order chi connectivity index (χ1) is 13.6. The SMILES string of the molecule is CCCN(C)c1cc(Cl)nc(SCc2cccc(C(=O)N3CCCCC3)c2)n1. The maximum Gasteiger partial charge on any atom is 0.253 e. The fraction of sp³-hybridized carbons (Fsp3) is 0.476. The smallest absolute Gasteiger partial charge is 0.253 e. The van der Waals surface area contributed by atoms with Crippen LogP contribution in [0.25, 0.3) is 0 Å². The van der Waals surface area contributed by atoms with Crippen molar-refractivity contribution in [3.8, 4) is 0 Å². The molecule has 1 aliphatic heterocycles. The van der Waals surface area contributed by atoms with E-state index in [4.69, 9.17) is 11.6 Å². The van der Waals surface area contributed by atoms with E-state index in [9.17, 15) is 4.79 Å². The van der Waals surface area contributed by atoms with Crippen molar-refractivity contribution < 1.29 is 4.79 Å². The summed E-state index contributed by atoms with van der Waals surface area (Å²) in [6.07, 6.45) is 4.46. The van der Waals surface area contributed by atoms with Gasteiger partial charge in [0.2, 0.25) is 0 Å². The number of aromatic nitrogens is 2. The highest BCUT2D eigenvalue weighted by Gasteiger charge is 2.18. The van der Waals surface area contributed by atoms with Gasteiger partial charge in [-0.05, 0) is 43.4 Å². The number of carbonyl (C=O) groups excluding carboxylic acids is 1. The van der Waals surface area contributed by atoms with Gasteiger partial charge in [-0.3, -0.25) is 4.79 Å². The molecule has 1 aromatic carbocycles. The van der Waals surface area contributed by atoms with Crippen LogP contribution in [0.15, 0.2) is 35.5 Å². The minimum Gasteiger partial charge on any atom is -0.360 e. The summed E-state index contributed by atoms with van der Waals surface area (Å²) in [6, 6.07) is 9.66. The minimum absolute atomic E-state index is 0.133. The third-order valence-corrected chi connectivity index (χ3v) is 5.91. The highest BCUT2D eigenvalue weighted by molar-refractivity contribution is 7.98. The maximum absolute atomic E-state index is 12.7. The van der Waals surface area contributed by atoms with Gasteiger partial charge < -0.3 is 9.80 Å². The van der Waals surface area contributed by atoms with Crippen LogP contribution in [0.3, 0.4) is 0 Å². The van der Waals surface area contributed by atoms with Gasteiger partial charge in [0.1, 0.15) is 11.0 Å². The second-order valence-electron chi connectivity index (χ2n) is 7.09. The number of benzene rings is 1. The fourth-order valence-corrected chi connectivity index (χ4v) is 4.34. The highest BCUT2D eigenvalue weighted by atomic mass is 35.5. The van der Waals surface area contributed by atoms with Gasteiger partial charge in [0, 0.05) is 44.1 Å². The first-order valence-corrected chi connectivity index (χ1v) is 11.2. The molecule has 0 spiro atoms. The molecule has 3 rings (SSSR count). The molecule has 1 amide bonds. The first-order valence-electron chi connectivity index (χ1n) is 9.83. The number of hydrogen-bond donors (Lipinski definition) is 0. The Bertz CT molecular complexity index is 811. The molecule has 0 atom stereocenters. The number of halogens is 1. The van der Waals surface area contributed by atoms with E-state index in [1.54, 1.807) is 6.07 Å². The Kier molecular flexibility index (Phi) is 7.57. The molecule has 28 heavy (non-hydrogen) atoms. The van der Waals surface area contributed by atoms with Crippen molar-refractivity contribution in [1.29, 1.82) is 0 Å². The van der Waals surface area contributed by atoms with Gasteiger partial charge in [-0.1, -0.05) is 42.4 Å². The van der Waals surface area contributed by atoms with Crippen molar-refractivity contribution in [3.63, 3.8) is 0 Å². The average molecular weight is 419 g/mol. The van der Waals surface area contributed by atoms with Crippen molar-refractivity contribution in [2.24, 2.45) is 0 Å². The number of amides is 1. The van der Waals surface area contributed by atoms with E-state index in [0.717, 1.165) is 55.8 Å². The molecule has 1 fully saturated rings. The molecule has 2 heterocycles. The summed E-state index contributed by atoms with van der Waals surface area (Å²) in [6.45, 7) is 4.77. The normalized spacial score (nSPS) is 14.2. The number of nitrogens with zero attached hydrogens (tertiary/aromatic N) is 4.